The highest BCUT2D eigenvalue weighted by Gasteiger charge is 2.53. The van der Waals surface area contributed by atoms with Crippen molar-refractivity contribution in [2.75, 3.05) is 0 Å². The third-order valence-corrected chi connectivity index (χ3v) is 18.1. The molecule has 0 unspecified atom stereocenters. The molecule has 0 amide bonds. The van der Waals surface area contributed by atoms with Gasteiger partial charge < -0.3 is 0 Å². The van der Waals surface area contributed by atoms with Gasteiger partial charge in [0.05, 0.1) is 17.7 Å². The third kappa shape index (κ3) is 4.29. The second kappa shape index (κ2) is 11.3. The maximum atomic E-state index is 2.47. The van der Waals surface area contributed by atoms with Crippen LogP contribution >= 0.6 is 14.5 Å². The Morgan fingerprint density at radius 2 is 0.614 bits per heavy atom. The van der Waals surface area contributed by atoms with Gasteiger partial charge in [0.1, 0.15) is 46.4 Å². The molecule has 44 heavy (non-hydrogen) atoms. The fourth-order valence-corrected chi connectivity index (χ4v) is 16.6. The molecule has 1 aliphatic heterocycles. The summed E-state index contributed by atoms with van der Waals surface area (Å²) in [5, 5.41) is 11.5. The van der Waals surface area contributed by atoms with E-state index < -0.39 is 14.5 Å². The molecule has 0 saturated carbocycles. The van der Waals surface area contributed by atoms with Gasteiger partial charge >= 0.3 is 0 Å². The van der Waals surface area contributed by atoms with Gasteiger partial charge in [0, 0.05) is 0 Å². The Labute approximate surface area is 261 Å². The van der Waals surface area contributed by atoms with Crippen LogP contribution < -0.4 is 31.8 Å². The number of rotatable bonds is 4. The third-order valence-electron chi connectivity index (χ3n) is 9.40. The first kappa shape index (κ1) is 27.2. The van der Waals surface area contributed by atoms with Gasteiger partial charge in [0.2, 0.25) is 0 Å². The van der Waals surface area contributed by atoms with Crippen molar-refractivity contribution in [3.05, 3.63) is 193 Å². The first-order chi connectivity index (χ1) is 21.8. The Kier molecular flexibility index (Phi) is 6.99. The molecule has 7 aromatic carbocycles. The Hall–Kier alpha value is -4.34. The number of fused-ring (bicyclic) bond motifs is 1. The molecule has 0 saturated heterocycles. The molecular formula is C42H34P2+2. The first-order valence-corrected chi connectivity index (χ1v) is 19.3. The Morgan fingerprint density at radius 1 is 0.295 bits per heavy atom. The van der Waals surface area contributed by atoms with Gasteiger partial charge in [-0.1, -0.05) is 121 Å². The molecular weight excluding hydrogens is 566 g/mol. The zero-order valence-corrected chi connectivity index (χ0v) is 26.4. The van der Waals surface area contributed by atoms with Crippen LogP contribution in [0.1, 0.15) is 11.1 Å². The van der Waals surface area contributed by atoms with Crippen molar-refractivity contribution in [1.82, 2.24) is 0 Å². The van der Waals surface area contributed by atoms with Crippen LogP contribution in [0.2, 0.25) is 0 Å². The van der Waals surface area contributed by atoms with Crippen LogP contribution in [0.3, 0.4) is 0 Å². The van der Waals surface area contributed by atoms with E-state index in [1.807, 2.05) is 0 Å². The van der Waals surface area contributed by atoms with E-state index in [2.05, 4.69) is 182 Å². The molecule has 0 spiro atoms. The molecule has 0 aromatic heterocycles. The van der Waals surface area contributed by atoms with E-state index in [0.29, 0.717) is 0 Å². The van der Waals surface area contributed by atoms with Gasteiger partial charge in [0.25, 0.3) is 0 Å². The quantitative estimate of drug-likeness (QED) is 0.179. The fourth-order valence-electron chi connectivity index (χ4n) is 7.43. The molecule has 7 aromatic rings. The molecule has 1 aliphatic rings. The summed E-state index contributed by atoms with van der Waals surface area (Å²) in [5.74, 6) is 0. The van der Waals surface area contributed by atoms with Gasteiger partial charge in [-0.05, 0) is 77.2 Å². The lowest BCUT2D eigenvalue weighted by molar-refractivity contribution is 1.26. The molecule has 0 aliphatic carbocycles. The minimum atomic E-state index is -2.16. The van der Waals surface area contributed by atoms with Crippen molar-refractivity contribution in [3.63, 3.8) is 0 Å². The van der Waals surface area contributed by atoms with Gasteiger partial charge in [-0.25, -0.2) is 0 Å². The summed E-state index contributed by atoms with van der Waals surface area (Å²) in [6, 6.07) is 69.1. The molecule has 8 rings (SSSR count). The van der Waals surface area contributed by atoms with Crippen LogP contribution in [0.5, 0.6) is 0 Å². The molecule has 0 N–H and O–H groups in total. The summed E-state index contributed by atoms with van der Waals surface area (Å²) in [7, 11) is -4.31. The lowest BCUT2D eigenvalue weighted by Gasteiger charge is -2.30. The minimum Gasteiger partial charge on any atom is -0.0620 e. The SMILES string of the molecule is c1ccc([P+]2(c3ccccc3)Cc3ccccc3C[P+](c3ccccc3)(c3ccccc3)c3cccc4cccc2c34)cc1. The number of hydrogen-bond acceptors (Lipinski definition) is 0. The zero-order valence-electron chi connectivity index (χ0n) is 24.6. The fraction of sp³-hybridized carbons (Fsp3) is 0.0476. The predicted octanol–water partition coefficient (Wildman–Crippen LogP) is 8.14. The second-order valence-corrected chi connectivity index (χ2v) is 18.6. The summed E-state index contributed by atoms with van der Waals surface area (Å²) >= 11 is 0. The monoisotopic (exact) mass is 600 g/mol. The van der Waals surface area contributed by atoms with Crippen molar-refractivity contribution in [3.8, 4) is 0 Å². The Balaban J connectivity index is 1.62. The first-order valence-electron chi connectivity index (χ1n) is 15.4. The molecule has 0 nitrogen and oxygen atoms in total. The molecule has 2 heteroatoms. The van der Waals surface area contributed by atoms with Crippen LogP contribution in [0, 0.1) is 0 Å². The van der Waals surface area contributed by atoms with Crippen molar-refractivity contribution in [2.24, 2.45) is 0 Å². The van der Waals surface area contributed by atoms with E-state index in [4.69, 9.17) is 0 Å². The Morgan fingerprint density at radius 3 is 0.955 bits per heavy atom. The predicted molar refractivity (Wildman–Crippen MR) is 195 cm³/mol. The van der Waals surface area contributed by atoms with Crippen molar-refractivity contribution in [1.29, 1.82) is 0 Å². The summed E-state index contributed by atoms with van der Waals surface area (Å²) in [6.45, 7) is 0. The summed E-state index contributed by atoms with van der Waals surface area (Å²) in [6.07, 6.45) is 1.99. The zero-order chi connectivity index (χ0) is 29.4. The van der Waals surface area contributed by atoms with E-state index >= 15 is 0 Å². The molecule has 0 bridgehead atoms. The smallest absolute Gasteiger partial charge is 0.0620 e. The van der Waals surface area contributed by atoms with Crippen molar-refractivity contribution >= 4 is 57.1 Å². The van der Waals surface area contributed by atoms with Crippen LogP contribution in [-0.2, 0) is 12.3 Å². The van der Waals surface area contributed by atoms with Crippen LogP contribution in [0.4, 0.5) is 0 Å². The highest BCUT2D eigenvalue weighted by Crippen LogP contribution is 2.65. The lowest BCUT2D eigenvalue weighted by Crippen LogP contribution is -2.36. The average molecular weight is 601 g/mol. The molecule has 0 radical (unpaired) electrons. The minimum absolute atomic E-state index is 0.994. The number of hydrogen-bond donors (Lipinski definition) is 0. The maximum Gasteiger partial charge on any atom is 0.117 e. The molecule has 0 fully saturated rings. The average Bonchev–Trinajstić information content (AvgIpc) is 3.15. The van der Waals surface area contributed by atoms with Gasteiger partial charge in [-0.15, -0.1) is 0 Å². The van der Waals surface area contributed by atoms with E-state index in [0.717, 1.165) is 12.3 Å². The molecule has 0 atom stereocenters. The topological polar surface area (TPSA) is 0 Å². The van der Waals surface area contributed by atoms with E-state index in [-0.39, 0.29) is 0 Å². The van der Waals surface area contributed by atoms with E-state index in [9.17, 15) is 0 Å². The molecule has 210 valence electrons. The van der Waals surface area contributed by atoms with Crippen molar-refractivity contribution in [2.45, 2.75) is 12.3 Å². The highest BCUT2D eigenvalue weighted by molar-refractivity contribution is 7.97. The van der Waals surface area contributed by atoms with Crippen molar-refractivity contribution < 1.29 is 0 Å². The second-order valence-electron chi connectivity index (χ2n) is 11.7. The largest absolute Gasteiger partial charge is 0.117 e. The molecule has 1 heterocycles. The van der Waals surface area contributed by atoms with Gasteiger partial charge in [-0.2, -0.15) is 0 Å². The van der Waals surface area contributed by atoms with E-state index in [1.165, 1.54) is 53.7 Å². The standard InChI is InChI=1S/C42H34P2/c1-5-21-36(22-6-1)43(37-23-7-2-8-24-37)31-34-17-13-14-18-35(34)32-44(38-25-9-3-10-26-38,39-27-11-4-12-28-39)41-30-16-20-33-19-15-29-40(43)42(33)41/h1-30H,31-32H2/q+2. The maximum absolute atomic E-state index is 2.47. The lowest BCUT2D eigenvalue weighted by atomic mass is 10.1. The Bertz CT molecular complexity index is 1830. The van der Waals surface area contributed by atoms with Crippen LogP contribution in [0.15, 0.2) is 182 Å². The summed E-state index contributed by atoms with van der Waals surface area (Å²) < 4.78 is 0. The van der Waals surface area contributed by atoms with Gasteiger partial charge in [0.15, 0.2) is 0 Å². The van der Waals surface area contributed by atoms with Crippen LogP contribution in [-0.4, -0.2) is 0 Å². The van der Waals surface area contributed by atoms with E-state index in [1.54, 1.807) is 0 Å². The van der Waals surface area contributed by atoms with Gasteiger partial charge in [-0.3, -0.25) is 0 Å². The number of benzene rings is 7. The summed E-state index contributed by atoms with van der Waals surface area (Å²) in [5.41, 5.74) is 2.93. The van der Waals surface area contributed by atoms with Crippen LogP contribution in [0.25, 0.3) is 10.8 Å². The highest BCUT2D eigenvalue weighted by atomic mass is 31.2. The normalized spacial score (nSPS) is 15.0. The summed E-state index contributed by atoms with van der Waals surface area (Å²) in [4.78, 5) is 0.